The van der Waals surface area contributed by atoms with Crippen LogP contribution in [0.4, 0.5) is 4.79 Å². The summed E-state index contributed by atoms with van der Waals surface area (Å²) in [5, 5.41) is 3.00. The maximum atomic E-state index is 12.0. The largest absolute Gasteiger partial charge is 0.337 e. The van der Waals surface area contributed by atoms with Crippen LogP contribution in [0.2, 0.25) is 0 Å². The third-order valence-corrected chi connectivity index (χ3v) is 4.53. The Morgan fingerprint density at radius 2 is 1.75 bits per heavy atom. The number of nitrogens with zero attached hydrogens (tertiary/aromatic N) is 3. The monoisotopic (exact) mass is 282 g/mol. The predicted octanol–water partition coefficient (Wildman–Crippen LogP) is 1.21. The van der Waals surface area contributed by atoms with E-state index in [4.69, 9.17) is 0 Å². The number of amides is 2. The number of hydrogen-bond acceptors (Lipinski definition) is 3. The Morgan fingerprint density at radius 3 is 2.35 bits per heavy atom. The second kappa shape index (κ2) is 7.84. The minimum atomic E-state index is 0.107. The number of likely N-dealkylation sites (N-methyl/N-ethyl adjacent to an activating group) is 1. The Hall–Kier alpha value is -0.810. The molecule has 5 nitrogen and oxygen atoms in total. The maximum Gasteiger partial charge on any atom is 0.317 e. The zero-order valence-corrected chi connectivity index (χ0v) is 13.1. The van der Waals surface area contributed by atoms with Gasteiger partial charge in [0.1, 0.15) is 0 Å². The number of urea groups is 1. The lowest BCUT2D eigenvalue weighted by Gasteiger charge is -2.40. The molecular formula is C15H30N4O. The van der Waals surface area contributed by atoms with E-state index in [0.717, 1.165) is 45.3 Å². The van der Waals surface area contributed by atoms with E-state index in [1.165, 1.54) is 32.1 Å². The van der Waals surface area contributed by atoms with Crippen molar-refractivity contribution in [3.63, 3.8) is 0 Å². The highest BCUT2D eigenvalue weighted by molar-refractivity contribution is 5.74. The van der Waals surface area contributed by atoms with Crippen molar-refractivity contribution in [1.82, 2.24) is 20.0 Å². The van der Waals surface area contributed by atoms with Gasteiger partial charge in [-0.05, 0) is 26.9 Å². The summed E-state index contributed by atoms with van der Waals surface area (Å²) >= 11 is 0. The van der Waals surface area contributed by atoms with Crippen LogP contribution in [-0.4, -0.2) is 80.1 Å². The van der Waals surface area contributed by atoms with Crippen LogP contribution in [0.3, 0.4) is 0 Å². The topological polar surface area (TPSA) is 38.8 Å². The smallest absolute Gasteiger partial charge is 0.317 e. The number of carbonyl (C=O) groups excluding carboxylic acids is 1. The summed E-state index contributed by atoms with van der Waals surface area (Å²) < 4.78 is 0. The van der Waals surface area contributed by atoms with E-state index < -0.39 is 0 Å². The zero-order chi connectivity index (χ0) is 14.4. The minimum Gasteiger partial charge on any atom is -0.337 e. The quantitative estimate of drug-likeness (QED) is 0.842. The number of carbonyl (C=O) groups is 1. The first kappa shape index (κ1) is 15.6. The predicted molar refractivity (Wildman–Crippen MR) is 82.0 cm³/mol. The second-order valence-electron chi connectivity index (χ2n) is 6.35. The zero-order valence-electron chi connectivity index (χ0n) is 13.1. The van der Waals surface area contributed by atoms with Crippen LogP contribution in [-0.2, 0) is 0 Å². The molecule has 116 valence electrons. The van der Waals surface area contributed by atoms with Gasteiger partial charge in [0.05, 0.1) is 0 Å². The van der Waals surface area contributed by atoms with Crippen molar-refractivity contribution in [2.45, 2.75) is 38.1 Å². The van der Waals surface area contributed by atoms with Gasteiger partial charge in [0.15, 0.2) is 0 Å². The van der Waals surface area contributed by atoms with Crippen LogP contribution < -0.4 is 5.32 Å². The molecule has 2 amide bonds. The van der Waals surface area contributed by atoms with E-state index in [1.807, 2.05) is 19.0 Å². The summed E-state index contributed by atoms with van der Waals surface area (Å²) in [6.07, 6.45) is 6.89. The third kappa shape index (κ3) is 4.63. The molecule has 0 aromatic heterocycles. The second-order valence-corrected chi connectivity index (χ2v) is 6.35. The molecule has 1 heterocycles. The molecule has 2 rings (SSSR count). The number of piperazine rings is 1. The van der Waals surface area contributed by atoms with Gasteiger partial charge in [-0.25, -0.2) is 4.79 Å². The Balaban J connectivity index is 1.66. The molecular weight excluding hydrogens is 252 g/mol. The van der Waals surface area contributed by atoms with Crippen LogP contribution >= 0.6 is 0 Å². The maximum absolute atomic E-state index is 12.0. The standard InChI is InChI=1S/C15H30N4O/c1-17(2)9-8-16-15(20)19-12-10-18(11-13-19)14-6-4-3-5-7-14/h14H,3-13H2,1-2H3,(H,16,20). The van der Waals surface area contributed by atoms with Crippen LogP contribution in [0.25, 0.3) is 0 Å². The normalized spacial score (nSPS) is 22.2. The van der Waals surface area contributed by atoms with E-state index in [0.29, 0.717) is 0 Å². The summed E-state index contributed by atoms with van der Waals surface area (Å²) in [4.78, 5) is 18.7. The molecule has 0 atom stereocenters. The molecule has 1 aliphatic carbocycles. The van der Waals surface area contributed by atoms with Gasteiger partial charge >= 0.3 is 6.03 Å². The fourth-order valence-electron chi connectivity index (χ4n) is 3.23. The molecule has 0 aromatic rings. The highest BCUT2D eigenvalue weighted by Gasteiger charge is 2.26. The van der Waals surface area contributed by atoms with Gasteiger partial charge in [-0.15, -0.1) is 0 Å². The SMILES string of the molecule is CN(C)CCNC(=O)N1CCN(C2CCCCC2)CC1. The van der Waals surface area contributed by atoms with Crippen LogP contribution in [0.1, 0.15) is 32.1 Å². The Morgan fingerprint density at radius 1 is 1.10 bits per heavy atom. The molecule has 0 unspecified atom stereocenters. The molecule has 0 bridgehead atoms. The molecule has 2 aliphatic rings. The van der Waals surface area contributed by atoms with Gasteiger partial charge in [-0.3, -0.25) is 4.90 Å². The molecule has 0 radical (unpaired) electrons. The Kier molecular flexibility index (Phi) is 6.10. The summed E-state index contributed by atoms with van der Waals surface area (Å²) in [6, 6.07) is 0.887. The molecule has 1 saturated heterocycles. The van der Waals surface area contributed by atoms with Crippen molar-refractivity contribution < 1.29 is 4.79 Å². The van der Waals surface area contributed by atoms with Gasteiger partial charge < -0.3 is 15.1 Å². The molecule has 0 aromatic carbocycles. The van der Waals surface area contributed by atoms with Gasteiger partial charge in [-0.2, -0.15) is 0 Å². The van der Waals surface area contributed by atoms with E-state index in [1.54, 1.807) is 0 Å². The lowest BCUT2D eigenvalue weighted by molar-refractivity contribution is 0.0905. The molecule has 1 N–H and O–H groups in total. The fourth-order valence-corrected chi connectivity index (χ4v) is 3.23. The number of rotatable bonds is 4. The van der Waals surface area contributed by atoms with Gasteiger partial charge in [0.25, 0.3) is 0 Å². The third-order valence-electron chi connectivity index (χ3n) is 4.53. The first-order valence-electron chi connectivity index (χ1n) is 8.08. The van der Waals surface area contributed by atoms with Gasteiger partial charge in [0.2, 0.25) is 0 Å². The lowest BCUT2D eigenvalue weighted by Crippen LogP contribution is -2.54. The minimum absolute atomic E-state index is 0.107. The molecule has 5 heteroatoms. The van der Waals surface area contributed by atoms with Crippen molar-refractivity contribution >= 4 is 6.03 Å². The van der Waals surface area contributed by atoms with Crippen molar-refractivity contribution in [3.05, 3.63) is 0 Å². The Bertz CT molecular complexity index is 294. The van der Waals surface area contributed by atoms with Crippen molar-refractivity contribution in [3.8, 4) is 0 Å². The summed E-state index contributed by atoms with van der Waals surface area (Å²) in [6.45, 7) is 5.48. The van der Waals surface area contributed by atoms with Crippen molar-refractivity contribution in [2.24, 2.45) is 0 Å². The van der Waals surface area contributed by atoms with E-state index in [-0.39, 0.29) is 6.03 Å². The fraction of sp³-hybridized carbons (Fsp3) is 0.933. The van der Waals surface area contributed by atoms with E-state index in [9.17, 15) is 4.79 Å². The first-order valence-corrected chi connectivity index (χ1v) is 8.08. The average molecular weight is 282 g/mol. The van der Waals surface area contributed by atoms with Gasteiger partial charge in [-0.1, -0.05) is 19.3 Å². The van der Waals surface area contributed by atoms with Crippen LogP contribution in [0.15, 0.2) is 0 Å². The molecule has 1 saturated carbocycles. The number of nitrogens with one attached hydrogen (secondary N) is 1. The molecule has 2 fully saturated rings. The van der Waals surface area contributed by atoms with E-state index >= 15 is 0 Å². The highest BCUT2D eigenvalue weighted by atomic mass is 16.2. The Labute approximate surface area is 123 Å². The molecule has 1 aliphatic heterocycles. The van der Waals surface area contributed by atoms with Gasteiger partial charge in [0, 0.05) is 45.3 Å². The first-order chi connectivity index (χ1) is 9.66. The summed E-state index contributed by atoms with van der Waals surface area (Å²) in [5.41, 5.74) is 0. The number of hydrogen-bond donors (Lipinski definition) is 1. The van der Waals surface area contributed by atoms with Crippen LogP contribution in [0, 0.1) is 0 Å². The lowest BCUT2D eigenvalue weighted by atomic mass is 9.94. The average Bonchev–Trinajstić information content (AvgIpc) is 2.48. The summed E-state index contributed by atoms with van der Waals surface area (Å²) in [7, 11) is 4.05. The molecule has 0 spiro atoms. The van der Waals surface area contributed by atoms with E-state index in [2.05, 4.69) is 15.1 Å². The van der Waals surface area contributed by atoms with Crippen molar-refractivity contribution in [2.75, 3.05) is 53.4 Å². The highest BCUT2D eigenvalue weighted by Crippen LogP contribution is 2.23. The molecule has 20 heavy (non-hydrogen) atoms. The van der Waals surface area contributed by atoms with Crippen LogP contribution in [0.5, 0.6) is 0 Å². The van der Waals surface area contributed by atoms with Crippen molar-refractivity contribution in [1.29, 1.82) is 0 Å². The summed E-state index contributed by atoms with van der Waals surface area (Å²) in [5.74, 6) is 0.